The van der Waals surface area contributed by atoms with Gasteiger partial charge in [-0.2, -0.15) is 13.2 Å². The van der Waals surface area contributed by atoms with Crippen molar-refractivity contribution in [2.45, 2.75) is 25.1 Å². The Labute approximate surface area is 137 Å². The molecule has 0 radical (unpaired) electrons. The van der Waals surface area contributed by atoms with E-state index in [2.05, 4.69) is 6.58 Å². The molecule has 2 aromatic rings. The summed E-state index contributed by atoms with van der Waals surface area (Å²) in [7, 11) is 0. The van der Waals surface area contributed by atoms with E-state index >= 15 is 0 Å². The summed E-state index contributed by atoms with van der Waals surface area (Å²) in [4.78, 5) is 11.1. The quantitative estimate of drug-likeness (QED) is 0.665. The number of alkyl halides is 3. The smallest absolute Gasteiger partial charge is 0.421 e. The lowest BCUT2D eigenvalue weighted by Crippen LogP contribution is -2.39. The first-order valence-corrected chi connectivity index (χ1v) is 7.28. The maximum absolute atomic E-state index is 13.2. The van der Waals surface area contributed by atoms with E-state index in [0.29, 0.717) is 17.2 Å². The first-order chi connectivity index (χ1) is 11.2. The van der Waals surface area contributed by atoms with Gasteiger partial charge in [-0.25, -0.2) is 4.79 Å². The highest BCUT2D eigenvalue weighted by Crippen LogP contribution is 2.41. The van der Waals surface area contributed by atoms with Gasteiger partial charge >= 0.3 is 12.1 Å². The Kier molecular flexibility index (Phi) is 4.99. The van der Waals surface area contributed by atoms with E-state index in [-0.39, 0.29) is 12.2 Å². The molecule has 6 heteroatoms. The Morgan fingerprint density at radius 2 is 1.83 bits per heavy atom. The highest BCUT2D eigenvalue weighted by Gasteiger charge is 2.51. The molecule has 0 bridgehead atoms. The largest absolute Gasteiger partial charge is 0.462 e. The number of benzene rings is 2. The van der Waals surface area contributed by atoms with E-state index in [0.717, 1.165) is 18.6 Å². The van der Waals surface area contributed by atoms with Gasteiger partial charge in [0.05, 0.1) is 6.61 Å². The van der Waals surface area contributed by atoms with Crippen LogP contribution in [0.5, 0.6) is 0 Å². The van der Waals surface area contributed by atoms with Gasteiger partial charge in [-0.15, -0.1) is 0 Å². The molecule has 2 aromatic carbocycles. The zero-order valence-electron chi connectivity index (χ0n) is 13.1. The van der Waals surface area contributed by atoms with Crippen molar-refractivity contribution >= 4 is 16.7 Å². The van der Waals surface area contributed by atoms with Crippen molar-refractivity contribution in [2.24, 2.45) is 0 Å². The number of fused-ring (bicyclic) bond motifs is 1. The molecular weight excluding hydrogens is 321 g/mol. The fourth-order valence-corrected chi connectivity index (χ4v) is 2.48. The average Bonchev–Trinajstić information content (AvgIpc) is 2.53. The summed E-state index contributed by atoms with van der Waals surface area (Å²) in [5.74, 6) is -0.559. The van der Waals surface area contributed by atoms with Crippen LogP contribution in [0.4, 0.5) is 13.2 Å². The van der Waals surface area contributed by atoms with Gasteiger partial charge in [-0.1, -0.05) is 43.0 Å². The standard InChI is InChI=1S/C18H17F3O3/c1-3-16(22)24-11-10-12-8-9-15(17(2,23)18(19,20)21)14-7-5-4-6-13(12)14/h3-9,23H,1,10-11H2,2H3. The minimum Gasteiger partial charge on any atom is -0.462 e. The lowest BCUT2D eigenvalue weighted by molar-refractivity contribution is -0.258. The highest BCUT2D eigenvalue weighted by atomic mass is 19.4. The van der Waals surface area contributed by atoms with Gasteiger partial charge in [0.15, 0.2) is 5.60 Å². The third-order valence-electron chi connectivity index (χ3n) is 3.87. The highest BCUT2D eigenvalue weighted by molar-refractivity contribution is 5.89. The number of rotatable bonds is 5. The second-order valence-corrected chi connectivity index (χ2v) is 5.51. The van der Waals surface area contributed by atoms with Crippen molar-refractivity contribution in [3.8, 4) is 0 Å². The van der Waals surface area contributed by atoms with Crippen LogP contribution in [-0.2, 0) is 21.6 Å². The molecule has 3 nitrogen and oxygen atoms in total. The number of hydrogen-bond acceptors (Lipinski definition) is 3. The number of carbonyl (C=O) groups excluding carboxylic acids is 1. The van der Waals surface area contributed by atoms with Gasteiger partial charge in [0.1, 0.15) is 0 Å². The number of hydrogen-bond donors (Lipinski definition) is 1. The van der Waals surface area contributed by atoms with E-state index in [1.807, 2.05) is 0 Å². The molecule has 0 fully saturated rings. The van der Waals surface area contributed by atoms with Gasteiger partial charge in [0.25, 0.3) is 0 Å². The molecule has 0 saturated carbocycles. The monoisotopic (exact) mass is 338 g/mol. The number of carbonyl (C=O) groups is 1. The van der Waals surface area contributed by atoms with Gasteiger partial charge in [-0.05, 0) is 23.3 Å². The molecule has 0 heterocycles. The van der Waals surface area contributed by atoms with Crippen molar-refractivity contribution in [2.75, 3.05) is 6.61 Å². The summed E-state index contributed by atoms with van der Waals surface area (Å²) in [6.45, 7) is 4.11. The van der Waals surface area contributed by atoms with Crippen LogP contribution in [0.15, 0.2) is 49.1 Å². The number of ether oxygens (including phenoxy) is 1. The summed E-state index contributed by atoms with van der Waals surface area (Å²) in [6.07, 6.45) is -3.41. The molecule has 0 amide bonds. The SMILES string of the molecule is C=CC(=O)OCCc1ccc(C(C)(O)C(F)(F)F)c2ccccc12. The Bertz CT molecular complexity index is 764. The van der Waals surface area contributed by atoms with Crippen LogP contribution in [0, 0.1) is 0 Å². The Hall–Kier alpha value is -2.34. The van der Waals surface area contributed by atoms with Crippen LogP contribution < -0.4 is 0 Å². The predicted octanol–water partition coefficient (Wildman–Crippen LogP) is 3.88. The number of halogens is 3. The van der Waals surface area contributed by atoms with Gasteiger partial charge in [0.2, 0.25) is 0 Å². The van der Waals surface area contributed by atoms with Crippen molar-refractivity contribution in [1.82, 2.24) is 0 Å². The normalized spacial score (nSPS) is 14.2. The number of esters is 1. The Morgan fingerprint density at radius 1 is 1.21 bits per heavy atom. The second-order valence-electron chi connectivity index (χ2n) is 5.51. The fourth-order valence-electron chi connectivity index (χ4n) is 2.48. The molecule has 2 rings (SSSR count). The minimum atomic E-state index is -4.79. The number of aliphatic hydroxyl groups is 1. The zero-order valence-corrected chi connectivity index (χ0v) is 13.1. The third-order valence-corrected chi connectivity index (χ3v) is 3.87. The van der Waals surface area contributed by atoms with Crippen LogP contribution in [0.3, 0.4) is 0 Å². The minimum absolute atomic E-state index is 0.0872. The predicted molar refractivity (Wildman–Crippen MR) is 84.4 cm³/mol. The maximum Gasteiger partial charge on any atom is 0.421 e. The van der Waals surface area contributed by atoms with Gasteiger partial charge in [0, 0.05) is 18.1 Å². The molecule has 1 unspecified atom stereocenters. The molecule has 0 saturated heterocycles. The van der Waals surface area contributed by atoms with Gasteiger partial charge < -0.3 is 9.84 Å². The molecule has 0 aliphatic heterocycles. The molecule has 0 aliphatic carbocycles. The summed E-state index contributed by atoms with van der Waals surface area (Å²) < 4.78 is 44.4. The maximum atomic E-state index is 13.2. The molecular formula is C18H17F3O3. The Balaban J connectivity index is 2.44. The van der Waals surface area contributed by atoms with Crippen molar-refractivity contribution < 1.29 is 27.8 Å². The average molecular weight is 338 g/mol. The summed E-state index contributed by atoms with van der Waals surface area (Å²) >= 11 is 0. The van der Waals surface area contributed by atoms with Crippen molar-refractivity contribution in [3.63, 3.8) is 0 Å². The zero-order chi connectivity index (χ0) is 18.0. The van der Waals surface area contributed by atoms with E-state index in [4.69, 9.17) is 4.74 Å². The van der Waals surface area contributed by atoms with E-state index in [9.17, 15) is 23.1 Å². The molecule has 1 atom stereocenters. The summed E-state index contributed by atoms with van der Waals surface area (Å²) in [5, 5.41) is 10.9. The molecule has 0 aliphatic rings. The summed E-state index contributed by atoms with van der Waals surface area (Å²) in [6, 6.07) is 9.30. The van der Waals surface area contributed by atoms with Crippen LogP contribution in [0.1, 0.15) is 18.1 Å². The second kappa shape index (κ2) is 6.65. The van der Waals surface area contributed by atoms with Crippen LogP contribution in [0.25, 0.3) is 10.8 Å². The van der Waals surface area contributed by atoms with Crippen LogP contribution >= 0.6 is 0 Å². The first-order valence-electron chi connectivity index (χ1n) is 7.28. The van der Waals surface area contributed by atoms with E-state index in [1.165, 1.54) is 18.2 Å². The topological polar surface area (TPSA) is 46.5 Å². The summed E-state index contributed by atoms with van der Waals surface area (Å²) in [5.41, 5.74) is -2.44. The molecule has 0 aromatic heterocycles. The Morgan fingerprint density at radius 3 is 2.42 bits per heavy atom. The molecule has 128 valence electrons. The van der Waals surface area contributed by atoms with Crippen molar-refractivity contribution in [1.29, 1.82) is 0 Å². The fraction of sp³-hybridized carbons (Fsp3) is 0.278. The van der Waals surface area contributed by atoms with E-state index < -0.39 is 17.7 Å². The van der Waals surface area contributed by atoms with E-state index in [1.54, 1.807) is 18.2 Å². The van der Waals surface area contributed by atoms with Crippen LogP contribution in [0.2, 0.25) is 0 Å². The molecule has 24 heavy (non-hydrogen) atoms. The van der Waals surface area contributed by atoms with Crippen molar-refractivity contribution in [3.05, 3.63) is 60.2 Å². The first kappa shape index (κ1) is 18.0. The van der Waals surface area contributed by atoms with Crippen LogP contribution in [-0.4, -0.2) is 23.9 Å². The molecule has 1 N–H and O–H groups in total. The molecule has 0 spiro atoms. The third kappa shape index (κ3) is 3.43. The lowest BCUT2D eigenvalue weighted by Gasteiger charge is -2.28. The lowest BCUT2D eigenvalue weighted by atomic mass is 9.88. The van der Waals surface area contributed by atoms with Gasteiger partial charge in [-0.3, -0.25) is 0 Å².